The Hall–Kier alpha value is -1.59. The van der Waals surface area contributed by atoms with Crippen molar-refractivity contribution in [3.63, 3.8) is 0 Å². The number of hydrogen-bond donors (Lipinski definition) is 1. The molecule has 1 N–H and O–H groups in total. The topological polar surface area (TPSA) is 60.9 Å². The van der Waals surface area contributed by atoms with Crippen LogP contribution in [0.25, 0.3) is 0 Å². The minimum atomic E-state index is -0.820. The lowest BCUT2D eigenvalue weighted by molar-refractivity contribution is -0.138. The van der Waals surface area contributed by atoms with Crippen LogP contribution in [-0.4, -0.2) is 59.5 Å². The van der Waals surface area contributed by atoms with Crippen molar-refractivity contribution in [2.45, 2.75) is 32.2 Å². The van der Waals surface area contributed by atoms with Crippen molar-refractivity contribution in [1.82, 2.24) is 9.80 Å². The molecule has 0 spiro atoms. The molecule has 5 nitrogen and oxygen atoms in total. The number of likely N-dealkylation sites (tertiary alicyclic amines) is 1. The summed E-state index contributed by atoms with van der Waals surface area (Å²) < 4.78 is 0. The zero-order valence-corrected chi connectivity index (χ0v) is 14.3. The Balaban J connectivity index is 2.00. The van der Waals surface area contributed by atoms with Gasteiger partial charge in [0.15, 0.2) is 0 Å². The van der Waals surface area contributed by atoms with Gasteiger partial charge in [-0.05, 0) is 50.9 Å². The van der Waals surface area contributed by atoms with E-state index in [0.29, 0.717) is 23.7 Å². The van der Waals surface area contributed by atoms with Gasteiger partial charge in [-0.25, -0.2) is 0 Å². The summed E-state index contributed by atoms with van der Waals surface area (Å²) in [4.78, 5) is 27.2. The summed E-state index contributed by atoms with van der Waals surface area (Å²) in [6.45, 7) is 3.28. The number of carbonyl (C=O) groups is 2. The van der Waals surface area contributed by atoms with Gasteiger partial charge < -0.3 is 10.0 Å². The van der Waals surface area contributed by atoms with Crippen LogP contribution in [0, 0.1) is 6.92 Å². The number of likely N-dealkylation sites (N-methyl/N-ethyl adjacent to an activating group) is 1. The van der Waals surface area contributed by atoms with Gasteiger partial charge in [-0.15, -0.1) is 0 Å². The highest BCUT2D eigenvalue weighted by molar-refractivity contribution is 6.31. The van der Waals surface area contributed by atoms with Gasteiger partial charge in [0.25, 0.3) is 5.91 Å². The standard InChI is InChI=1S/C17H23ClN2O3/c1-12-5-6-13(10-15(12)18)17(23)20-8-3-4-14(7-9-20)19(2)11-16(21)22/h5-6,10,14H,3-4,7-9,11H2,1-2H3,(H,21,22). The van der Waals surface area contributed by atoms with Crippen molar-refractivity contribution in [2.75, 3.05) is 26.7 Å². The lowest BCUT2D eigenvalue weighted by atomic mass is 10.1. The van der Waals surface area contributed by atoms with Crippen LogP contribution < -0.4 is 0 Å². The summed E-state index contributed by atoms with van der Waals surface area (Å²) in [6, 6.07) is 5.59. The monoisotopic (exact) mass is 338 g/mol. The largest absolute Gasteiger partial charge is 0.480 e. The van der Waals surface area contributed by atoms with Crippen molar-refractivity contribution in [3.05, 3.63) is 34.3 Å². The molecular weight excluding hydrogens is 316 g/mol. The highest BCUT2D eigenvalue weighted by Gasteiger charge is 2.24. The summed E-state index contributed by atoms with van der Waals surface area (Å²) in [5, 5.41) is 9.51. The molecule has 23 heavy (non-hydrogen) atoms. The molecule has 1 fully saturated rings. The predicted octanol–water partition coefficient (Wildman–Crippen LogP) is 2.66. The van der Waals surface area contributed by atoms with E-state index >= 15 is 0 Å². The van der Waals surface area contributed by atoms with E-state index in [1.54, 1.807) is 6.07 Å². The number of nitrogens with zero attached hydrogens (tertiary/aromatic N) is 2. The Morgan fingerprint density at radius 2 is 2.09 bits per heavy atom. The molecule has 6 heteroatoms. The Morgan fingerprint density at radius 1 is 1.35 bits per heavy atom. The van der Waals surface area contributed by atoms with Gasteiger partial charge in [0.1, 0.15) is 0 Å². The number of carbonyl (C=O) groups excluding carboxylic acids is 1. The normalized spacial score (nSPS) is 18.8. The Labute approximate surface area is 141 Å². The van der Waals surface area contributed by atoms with Crippen molar-refractivity contribution < 1.29 is 14.7 Å². The van der Waals surface area contributed by atoms with E-state index < -0.39 is 5.97 Å². The molecule has 1 saturated heterocycles. The van der Waals surface area contributed by atoms with Gasteiger partial charge in [-0.1, -0.05) is 17.7 Å². The predicted molar refractivity (Wildman–Crippen MR) is 90.0 cm³/mol. The fourth-order valence-corrected chi connectivity index (χ4v) is 3.15. The third-order valence-corrected chi connectivity index (χ3v) is 4.82. The maximum atomic E-state index is 12.6. The van der Waals surface area contributed by atoms with Crippen LogP contribution in [0.5, 0.6) is 0 Å². The second kappa shape index (κ2) is 7.79. The third-order valence-electron chi connectivity index (χ3n) is 4.41. The van der Waals surface area contributed by atoms with Crippen LogP contribution in [0.4, 0.5) is 0 Å². The van der Waals surface area contributed by atoms with Gasteiger partial charge >= 0.3 is 5.97 Å². The van der Waals surface area contributed by atoms with Gasteiger partial charge in [-0.2, -0.15) is 0 Å². The molecule has 1 aromatic carbocycles. The lowest BCUT2D eigenvalue weighted by Gasteiger charge is -2.25. The highest BCUT2D eigenvalue weighted by Crippen LogP contribution is 2.21. The molecule has 0 radical (unpaired) electrons. The van der Waals surface area contributed by atoms with E-state index in [1.807, 2.05) is 35.9 Å². The summed E-state index contributed by atoms with van der Waals surface area (Å²) in [5.41, 5.74) is 1.56. The number of aryl methyl sites for hydroxylation is 1. The maximum Gasteiger partial charge on any atom is 0.317 e. The molecule has 2 rings (SSSR count). The lowest BCUT2D eigenvalue weighted by Crippen LogP contribution is -2.37. The summed E-state index contributed by atoms with van der Waals surface area (Å²) in [6.07, 6.45) is 2.57. The molecule has 126 valence electrons. The molecule has 1 amide bonds. The molecule has 0 aliphatic carbocycles. The number of hydrogen-bond acceptors (Lipinski definition) is 3. The van der Waals surface area contributed by atoms with Crippen LogP contribution in [0.2, 0.25) is 5.02 Å². The fraction of sp³-hybridized carbons (Fsp3) is 0.529. The Bertz CT molecular complexity index is 591. The first kappa shape index (κ1) is 17.8. The van der Waals surface area contributed by atoms with Crippen molar-refractivity contribution in [2.24, 2.45) is 0 Å². The number of amides is 1. The van der Waals surface area contributed by atoms with Crippen molar-refractivity contribution in [3.8, 4) is 0 Å². The quantitative estimate of drug-likeness (QED) is 0.916. The van der Waals surface area contributed by atoms with Gasteiger partial charge in [0, 0.05) is 29.7 Å². The average Bonchev–Trinajstić information content (AvgIpc) is 2.74. The van der Waals surface area contributed by atoms with E-state index in [2.05, 4.69) is 0 Å². The molecule has 1 aliphatic heterocycles. The van der Waals surface area contributed by atoms with Crippen LogP contribution in [0.1, 0.15) is 35.2 Å². The SMILES string of the molecule is Cc1ccc(C(=O)N2CCCC(N(C)CC(=O)O)CC2)cc1Cl. The van der Waals surface area contributed by atoms with Crippen LogP contribution >= 0.6 is 11.6 Å². The van der Waals surface area contributed by atoms with E-state index in [0.717, 1.165) is 24.8 Å². The summed E-state index contributed by atoms with van der Waals surface area (Å²) >= 11 is 6.11. The van der Waals surface area contributed by atoms with Crippen LogP contribution in [0.15, 0.2) is 18.2 Å². The summed E-state index contributed by atoms with van der Waals surface area (Å²) in [5.74, 6) is -0.826. The fourth-order valence-electron chi connectivity index (χ4n) is 2.97. The minimum absolute atomic E-state index is 0.00608. The maximum absolute atomic E-state index is 12.6. The smallest absolute Gasteiger partial charge is 0.317 e. The summed E-state index contributed by atoms with van der Waals surface area (Å²) in [7, 11) is 1.83. The van der Waals surface area contributed by atoms with Gasteiger partial charge in [-0.3, -0.25) is 14.5 Å². The van der Waals surface area contributed by atoms with E-state index in [-0.39, 0.29) is 18.5 Å². The highest BCUT2D eigenvalue weighted by atomic mass is 35.5. The number of carboxylic acids is 1. The molecule has 1 unspecified atom stereocenters. The molecular formula is C17H23ClN2O3. The van der Waals surface area contributed by atoms with E-state index in [1.165, 1.54) is 0 Å². The Kier molecular flexibility index (Phi) is 6.02. The van der Waals surface area contributed by atoms with Crippen LogP contribution in [0.3, 0.4) is 0 Å². The number of halogens is 1. The van der Waals surface area contributed by atoms with Crippen molar-refractivity contribution in [1.29, 1.82) is 0 Å². The minimum Gasteiger partial charge on any atom is -0.480 e. The molecule has 0 aromatic heterocycles. The number of aliphatic carboxylic acids is 1. The third kappa shape index (κ3) is 4.69. The molecule has 1 aromatic rings. The number of carboxylic acid groups (broad SMARTS) is 1. The molecule has 0 saturated carbocycles. The van der Waals surface area contributed by atoms with Crippen molar-refractivity contribution >= 4 is 23.5 Å². The first-order valence-corrected chi connectivity index (χ1v) is 8.23. The Morgan fingerprint density at radius 3 is 2.74 bits per heavy atom. The van der Waals surface area contributed by atoms with Gasteiger partial charge in [0.05, 0.1) is 6.54 Å². The van der Waals surface area contributed by atoms with E-state index in [4.69, 9.17) is 16.7 Å². The second-order valence-electron chi connectivity index (χ2n) is 6.15. The number of benzene rings is 1. The second-order valence-corrected chi connectivity index (χ2v) is 6.56. The first-order valence-electron chi connectivity index (χ1n) is 7.86. The molecule has 1 heterocycles. The average molecular weight is 339 g/mol. The van der Waals surface area contributed by atoms with Gasteiger partial charge in [0.2, 0.25) is 0 Å². The molecule has 0 bridgehead atoms. The number of rotatable bonds is 4. The zero-order chi connectivity index (χ0) is 17.0. The zero-order valence-electron chi connectivity index (χ0n) is 13.6. The van der Waals surface area contributed by atoms with Crippen LogP contribution in [-0.2, 0) is 4.79 Å². The molecule has 1 atom stereocenters. The van der Waals surface area contributed by atoms with E-state index in [9.17, 15) is 9.59 Å². The first-order chi connectivity index (χ1) is 10.9. The molecule has 1 aliphatic rings.